The third-order valence-electron chi connectivity index (χ3n) is 10.6. The first-order chi connectivity index (χ1) is 16.3. The van der Waals surface area contributed by atoms with Gasteiger partial charge in [0.25, 0.3) is 0 Å². The molecule has 1 amide bonds. The molecule has 8 aliphatic rings. The van der Waals surface area contributed by atoms with Crippen LogP contribution in [0, 0.1) is 57.7 Å². The molecule has 0 aromatic rings. The topological polar surface area (TPSA) is 96.4 Å². The van der Waals surface area contributed by atoms with E-state index in [-0.39, 0.29) is 29.3 Å². The Labute approximate surface area is 204 Å². The number of nitrogens with two attached hydrogens (primary N) is 1. The van der Waals surface area contributed by atoms with Crippen LogP contribution in [0.2, 0.25) is 0 Å². The Kier molecular flexibility index (Phi) is 6.46. The summed E-state index contributed by atoms with van der Waals surface area (Å²) in [5, 5.41) is 8.85. The first-order valence-corrected chi connectivity index (χ1v) is 13.8. The van der Waals surface area contributed by atoms with E-state index in [0.29, 0.717) is 6.54 Å². The summed E-state index contributed by atoms with van der Waals surface area (Å²) in [6, 6.07) is 1.68. The van der Waals surface area contributed by atoms with Crippen LogP contribution in [-0.2, 0) is 14.3 Å². The van der Waals surface area contributed by atoms with Crippen molar-refractivity contribution in [2.45, 2.75) is 90.0 Å². The lowest BCUT2D eigenvalue weighted by Gasteiger charge is -2.58. The van der Waals surface area contributed by atoms with Gasteiger partial charge in [0.1, 0.15) is 6.54 Å². The zero-order chi connectivity index (χ0) is 24.1. The molecule has 34 heavy (non-hydrogen) atoms. The molecule has 2 N–H and O–H groups in total. The van der Waals surface area contributed by atoms with Gasteiger partial charge in [-0.05, 0) is 125 Å². The van der Waals surface area contributed by atoms with E-state index >= 15 is 0 Å². The highest BCUT2D eigenvalue weighted by atomic mass is 16.5. The molecule has 188 valence electrons. The van der Waals surface area contributed by atoms with Crippen LogP contribution >= 0.6 is 0 Å². The maximum atomic E-state index is 12.6. The minimum atomic E-state index is -0.399. The number of likely N-dealkylation sites (N-methyl/N-ethyl adjacent to an activating group) is 1. The molecule has 8 aliphatic carbocycles. The van der Waals surface area contributed by atoms with Crippen molar-refractivity contribution in [1.29, 1.82) is 5.26 Å². The smallest absolute Gasteiger partial charge is 0.311 e. The summed E-state index contributed by atoms with van der Waals surface area (Å²) < 4.78 is 5.00. The fourth-order valence-electron chi connectivity index (χ4n) is 10.0. The number of nitriles is 1. The van der Waals surface area contributed by atoms with Crippen molar-refractivity contribution < 1.29 is 14.3 Å². The van der Waals surface area contributed by atoms with E-state index < -0.39 is 6.04 Å². The molecular weight excluding hydrogens is 426 g/mol. The number of rotatable bonds is 5. The summed E-state index contributed by atoms with van der Waals surface area (Å²) in [6.07, 6.45) is 15.0. The molecule has 0 spiro atoms. The number of hydrogen-bond acceptors (Lipinski definition) is 5. The van der Waals surface area contributed by atoms with Gasteiger partial charge in [-0.2, -0.15) is 5.26 Å². The Balaban J connectivity index is 0.000000150. The van der Waals surface area contributed by atoms with E-state index in [4.69, 9.17) is 15.7 Å². The van der Waals surface area contributed by atoms with Crippen LogP contribution in [0.5, 0.6) is 0 Å². The summed E-state index contributed by atoms with van der Waals surface area (Å²) >= 11 is 0. The second kappa shape index (κ2) is 9.12. The monoisotopic (exact) mass is 469 g/mol. The predicted octanol–water partition coefficient (Wildman–Crippen LogP) is 4.28. The number of hydrogen-bond donors (Lipinski definition) is 1. The SMILES string of the molecule is CCN(CC#N)C(=O)[C@@H](N)C12CC3CC(CC(C3)C1)C2.COC(=O)C12CC3CC(CC(C3)C1)C2. The van der Waals surface area contributed by atoms with Crippen molar-refractivity contribution >= 4 is 11.9 Å². The van der Waals surface area contributed by atoms with E-state index in [1.165, 1.54) is 38.5 Å². The molecule has 0 aromatic heterocycles. The van der Waals surface area contributed by atoms with Gasteiger partial charge in [0.05, 0.1) is 24.6 Å². The lowest BCUT2D eigenvalue weighted by molar-refractivity contribution is -0.168. The van der Waals surface area contributed by atoms with Gasteiger partial charge < -0.3 is 15.4 Å². The van der Waals surface area contributed by atoms with Crippen molar-refractivity contribution in [2.75, 3.05) is 20.2 Å². The summed E-state index contributed by atoms with van der Waals surface area (Å²) in [6.45, 7) is 2.66. The lowest BCUT2D eigenvalue weighted by atomic mass is 9.47. The molecule has 8 rings (SSSR count). The van der Waals surface area contributed by atoms with E-state index in [2.05, 4.69) is 6.07 Å². The van der Waals surface area contributed by atoms with E-state index in [9.17, 15) is 9.59 Å². The second-order valence-electron chi connectivity index (χ2n) is 13.0. The molecule has 6 nitrogen and oxygen atoms in total. The maximum absolute atomic E-state index is 12.6. The van der Waals surface area contributed by atoms with Crippen LogP contribution in [0.4, 0.5) is 0 Å². The fraction of sp³-hybridized carbons (Fsp3) is 0.893. The predicted molar refractivity (Wildman–Crippen MR) is 129 cm³/mol. The highest BCUT2D eigenvalue weighted by Gasteiger charge is 2.56. The molecule has 0 unspecified atom stereocenters. The number of methoxy groups -OCH3 is 1. The third-order valence-corrected chi connectivity index (χ3v) is 10.6. The van der Waals surface area contributed by atoms with Crippen molar-refractivity contribution in [3.63, 3.8) is 0 Å². The fourth-order valence-corrected chi connectivity index (χ4v) is 10.0. The molecular formula is C28H43N3O3. The Bertz CT molecular complexity index is 776. The molecule has 0 aromatic carbocycles. The molecule has 8 bridgehead atoms. The normalized spacial score (nSPS) is 43.5. The largest absolute Gasteiger partial charge is 0.469 e. The zero-order valence-corrected chi connectivity index (χ0v) is 21.1. The number of carbonyl (C=O) groups excluding carboxylic acids is 2. The van der Waals surface area contributed by atoms with Gasteiger partial charge in [0.15, 0.2) is 0 Å². The average molecular weight is 470 g/mol. The van der Waals surface area contributed by atoms with E-state index in [0.717, 1.165) is 74.0 Å². The molecule has 0 radical (unpaired) electrons. The summed E-state index contributed by atoms with van der Waals surface area (Å²) in [5.41, 5.74) is 6.41. The van der Waals surface area contributed by atoms with Gasteiger partial charge in [-0.25, -0.2) is 0 Å². The molecule has 8 saturated carbocycles. The Morgan fingerprint density at radius 3 is 1.68 bits per heavy atom. The quantitative estimate of drug-likeness (QED) is 0.479. The van der Waals surface area contributed by atoms with Gasteiger partial charge >= 0.3 is 5.97 Å². The summed E-state index contributed by atoms with van der Waals surface area (Å²) in [4.78, 5) is 26.1. The van der Waals surface area contributed by atoms with Crippen LogP contribution in [0.25, 0.3) is 0 Å². The molecule has 0 saturated heterocycles. The van der Waals surface area contributed by atoms with Crippen LogP contribution in [0.3, 0.4) is 0 Å². The van der Waals surface area contributed by atoms with E-state index in [1.54, 1.807) is 12.0 Å². The summed E-state index contributed by atoms with van der Waals surface area (Å²) in [7, 11) is 1.54. The minimum absolute atomic E-state index is 0.00370. The lowest BCUT2D eigenvalue weighted by Crippen LogP contribution is -2.60. The third kappa shape index (κ3) is 4.16. The highest BCUT2D eigenvalue weighted by Crippen LogP contribution is 2.61. The number of ether oxygens (including phenoxy) is 1. The molecule has 0 heterocycles. The van der Waals surface area contributed by atoms with Crippen molar-refractivity contribution in [2.24, 2.45) is 52.1 Å². The number of carbonyl (C=O) groups is 2. The van der Waals surface area contributed by atoms with Gasteiger partial charge in [0, 0.05) is 6.54 Å². The van der Waals surface area contributed by atoms with E-state index in [1.807, 2.05) is 6.92 Å². The van der Waals surface area contributed by atoms with Crippen LogP contribution < -0.4 is 5.73 Å². The molecule has 8 fully saturated rings. The van der Waals surface area contributed by atoms with Gasteiger partial charge in [-0.15, -0.1) is 0 Å². The van der Waals surface area contributed by atoms with Crippen LogP contribution in [0.15, 0.2) is 0 Å². The summed E-state index contributed by atoms with van der Waals surface area (Å²) in [5.74, 6) is 4.97. The number of esters is 1. The second-order valence-corrected chi connectivity index (χ2v) is 13.0. The zero-order valence-electron chi connectivity index (χ0n) is 21.1. The Morgan fingerprint density at radius 2 is 1.32 bits per heavy atom. The minimum Gasteiger partial charge on any atom is -0.469 e. The molecule has 0 aliphatic heterocycles. The van der Waals surface area contributed by atoms with Gasteiger partial charge in [-0.1, -0.05) is 0 Å². The number of amides is 1. The van der Waals surface area contributed by atoms with Crippen LogP contribution in [0.1, 0.15) is 84.0 Å². The molecule has 6 heteroatoms. The Morgan fingerprint density at radius 1 is 0.912 bits per heavy atom. The number of nitrogens with zero attached hydrogens (tertiary/aromatic N) is 2. The van der Waals surface area contributed by atoms with Crippen molar-refractivity contribution in [3.8, 4) is 6.07 Å². The highest BCUT2D eigenvalue weighted by molar-refractivity contribution is 5.83. The first kappa shape index (κ1) is 24.1. The van der Waals surface area contributed by atoms with Crippen molar-refractivity contribution in [1.82, 2.24) is 4.90 Å². The first-order valence-electron chi connectivity index (χ1n) is 13.8. The molecule has 1 atom stereocenters. The van der Waals surface area contributed by atoms with Crippen LogP contribution in [-0.4, -0.2) is 43.0 Å². The van der Waals surface area contributed by atoms with Gasteiger partial charge in [0.2, 0.25) is 5.91 Å². The standard InChI is InChI=1S/C16H25N3O.C12H18O2/c1-2-19(4-3-17)15(20)14(18)16-8-11-5-12(9-16)7-13(6-11)10-16;1-14-11(13)12-5-8-2-9(6-12)4-10(3-8)7-12/h11-14H,2,4-10,18H2,1H3;8-10H,2-7H2,1H3/t11?,12?,13?,14-,16?;/m1./s1. The average Bonchev–Trinajstić information content (AvgIpc) is 2.79. The van der Waals surface area contributed by atoms with Crippen molar-refractivity contribution in [3.05, 3.63) is 0 Å². The Hall–Kier alpha value is -1.61. The maximum Gasteiger partial charge on any atom is 0.311 e. The van der Waals surface area contributed by atoms with Gasteiger partial charge in [-0.3, -0.25) is 9.59 Å².